The SMILES string of the molecule is CS(C)=O.CS(C)=O.CS(C)=O.CS(C)=O.[Ru+2]. The monoisotopic (exact) mass is 414 g/mol. The first kappa shape index (κ1) is 30.9. The summed E-state index contributed by atoms with van der Waals surface area (Å²) in [6.45, 7) is 0. The molecule has 0 atom stereocenters. The van der Waals surface area contributed by atoms with Crippen molar-refractivity contribution in [2.24, 2.45) is 0 Å². The quantitative estimate of drug-likeness (QED) is 0.524. The molecule has 0 saturated heterocycles. The van der Waals surface area contributed by atoms with E-state index in [0.29, 0.717) is 0 Å². The Morgan fingerprint density at radius 1 is 0.412 bits per heavy atom. The summed E-state index contributed by atoms with van der Waals surface area (Å²) in [6, 6.07) is 0. The van der Waals surface area contributed by atoms with Crippen LogP contribution in [0.15, 0.2) is 0 Å². The van der Waals surface area contributed by atoms with Gasteiger partial charge in [0.2, 0.25) is 0 Å². The fourth-order valence-corrected chi connectivity index (χ4v) is 0. The first-order valence-corrected chi connectivity index (χ1v) is 11.8. The summed E-state index contributed by atoms with van der Waals surface area (Å²) < 4.78 is 38.2. The van der Waals surface area contributed by atoms with Crippen molar-refractivity contribution in [3.8, 4) is 0 Å². The van der Waals surface area contributed by atoms with E-state index in [2.05, 4.69) is 0 Å². The molecule has 0 N–H and O–H groups in total. The van der Waals surface area contributed by atoms with Gasteiger partial charge in [0.25, 0.3) is 0 Å². The zero-order chi connectivity index (χ0) is 14.3. The molecule has 110 valence electrons. The molecule has 0 saturated carbocycles. The van der Waals surface area contributed by atoms with Crippen molar-refractivity contribution >= 4 is 43.2 Å². The minimum atomic E-state index is -0.611. The minimum absolute atomic E-state index is 0. The molecular weight excluding hydrogens is 389 g/mol. The van der Waals surface area contributed by atoms with Gasteiger partial charge >= 0.3 is 19.5 Å². The molecule has 0 radical (unpaired) electrons. The van der Waals surface area contributed by atoms with Gasteiger partial charge in [-0.05, 0) is 0 Å². The van der Waals surface area contributed by atoms with Gasteiger partial charge in [-0.25, -0.2) is 0 Å². The van der Waals surface area contributed by atoms with Gasteiger partial charge in [-0.15, -0.1) is 0 Å². The van der Waals surface area contributed by atoms with E-state index >= 15 is 0 Å². The van der Waals surface area contributed by atoms with Crippen molar-refractivity contribution in [3.05, 3.63) is 0 Å². The smallest absolute Gasteiger partial charge is 0.260 e. The van der Waals surface area contributed by atoms with Crippen molar-refractivity contribution in [2.75, 3.05) is 50.0 Å². The Hall–Kier alpha value is 1.22. The maximum absolute atomic E-state index is 9.56. The molecule has 0 aliphatic carbocycles. The Labute approximate surface area is 129 Å². The number of hydrogen-bond donors (Lipinski definition) is 0. The largest absolute Gasteiger partial charge is 2.00 e. The van der Waals surface area contributed by atoms with E-state index in [9.17, 15) is 16.8 Å². The van der Waals surface area contributed by atoms with Gasteiger partial charge in [-0.2, -0.15) is 0 Å². The molecule has 9 heteroatoms. The van der Waals surface area contributed by atoms with E-state index in [1.807, 2.05) is 0 Å². The summed E-state index contributed by atoms with van der Waals surface area (Å²) in [7, 11) is -2.44. The molecule has 0 aromatic rings. The third-order valence-electron chi connectivity index (χ3n) is 0. The Morgan fingerprint density at radius 2 is 0.412 bits per heavy atom. The fraction of sp³-hybridized carbons (Fsp3) is 1.00. The van der Waals surface area contributed by atoms with Crippen molar-refractivity contribution in [2.45, 2.75) is 0 Å². The van der Waals surface area contributed by atoms with Crippen molar-refractivity contribution in [1.82, 2.24) is 0 Å². The standard InChI is InChI=1S/4C2H6OS.Ru/c4*1-4(2)3;/h4*1-2H3;/q;;;;+2. The molecule has 0 bridgehead atoms. The van der Waals surface area contributed by atoms with E-state index in [1.54, 1.807) is 50.0 Å². The summed E-state index contributed by atoms with van der Waals surface area (Å²) in [5.74, 6) is 0. The first-order valence-electron chi connectivity index (χ1n) is 3.93. The van der Waals surface area contributed by atoms with Crippen molar-refractivity contribution in [1.29, 1.82) is 0 Å². The maximum atomic E-state index is 9.56. The molecule has 0 unspecified atom stereocenters. The van der Waals surface area contributed by atoms with E-state index in [4.69, 9.17) is 0 Å². The van der Waals surface area contributed by atoms with Gasteiger partial charge in [0.1, 0.15) is 0 Å². The molecule has 0 aliphatic heterocycles. The van der Waals surface area contributed by atoms with Gasteiger partial charge in [0, 0.05) is 93.2 Å². The first-order chi connectivity index (χ1) is 6.93. The Balaban J connectivity index is -0.0000000369. The zero-order valence-corrected chi connectivity index (χ0v) is 16.6. The van der Waals surface area contributed by atoms with Crippen LogP contribution in [0.4, 0.5) is 0 Å². The van der Waals surface area contributed by atoms with Crippen LogP contribution in [0.25, 0.3) is 0 Å². The summed E-state index contributed by atoms with van der Waals surface area (Å²) in [5, 5.41) is 0. The average Bonchev–Trinajstić information content (AvgIpc) is 1.76. The maximum Gasteiger partial charge on any atom is 2.00 e. The van der Waals surface area contributed by atoms with E-state index in [-0.39, 0.29) is 19.5 Å². The number of rotatable bonds is 0. The summed E-state index contributed by atoms with van der Waals surface area (Å²) in [5.41, 5.74) is 0. The van der Waals surface area contributed by atoms with Crippen LogP contribution in [0.2, 0.25) is 0 Å². The molecule has 0 aromatic carbocycles. The Morgan fingerprint density at radius 3 is 0.412 bits per heavy atom. The van der Waals surface area contributed by atoms with Gasteiger partial charge in [0.05, 0.1) is 0 Å². The van der Waals surface area contributed by atoms with Crippen LogP contribution in [0.5, 0.6) is 0 Å². The molecular formula is C8H24O4RuS4+2. The van der Waals surface area contributed by atoms with Crippen LogP contribution in [0, 0.1) is 0 Å². The number of hydrogen-bond acceptors (Lipinski definition) is 4. The minimum Gasteiger partial charge on any atom is -0.260 e. The molecule has 4 nitrogen and oxygen atoms in total. The van der Waals surface area contributed by atoms with Gasteiger partial charge < -0.3 is 0 Å². The second-order valence-electron chi connectivity index (χ2n) is 2.97. The zero-order valence-electron chi connectivity index (χ0n) is 11.6. The predicted molar refractivity (Wildman–Crippen MR) is 80.0 cm³/mol. The van der Waals surface area contributed by atoms with Gasteiger partial charge in [0.15, 0.2) is 0 Å². The third kappa shape index (κ3) is 2670. The van der Waals surface area contributed by atoms with Crippen molar-refractivity contribution in [3.63, 3.8) is 0 Å². The molecule has 0 heterocycles. The molecule has 0 aliphatic rings. The van der Waals surface area contributed by atoms with Gasteiger partial charge in [-0.3, -0.25) is 16.8 Å². The van der Waals surface area contributed by atoms with Crippen LogP contribution in [-0.2, 0) is 62.7 Å². The van der Waals surface area contributed by atoms with E-state index in [1.165, 1.54) is 0 Å². The van der Waals surface area contributed by atoms with Crippen LogP contribution < -0.4 is 0 Å². The van der Waals surface area contributed by atoms with Crippen LogP contribution in [0.3, 0.4) is 0 Å². The van der Waals surface area contributed by atoms with Crippen LogP contribution in [0.1, 0.15) is 0 Å². The Bertz CT molecular complexity index is 170. The molecule has 0 rings (SSSR count). The van der Waals surface area contributed by atoms with E-state index in [0.717, 1.165) is 0 Å². The van der Waals surface area contributed by atoms with Crippen LogP contribution >= 0.6 is 0 Å². The van der Waals surface area contributed by atoms with E-state index < -0.39 is 43.2 Å². The second-order valence-corrected chi connectivity index (χ2v) is 8.90. The molecule has 0 amide bonds. The van der Waals surface area contributed by atoms with Gasteiger partial charge in [-0.1, -0.05) is 0 Å². The molecule has 17 heavy (non-hydrogen) atoms. The second kappa shape index (κ2) is 25.9. The summed E-state index contributed by atoms with van der Waals surface area (Å²) >= 11 is 0. The molecule has 0 spiro atoms. The predicted octanol–water partition coefficient (Wildman–Crippen LogP) is -0.0237. The fourth-order valence-electron chi connectivity index (χ4n) is 0. The third-order valence-corrected chi connectivity index (χ3v) is 0. The topological polar surface area (TPSA) is 68.3 Å². The molecule has 0 aromatic heterocycles. The molecule has 0 fully saturated rings. The average molecular weight is 414 g/mol. The normalized spacial score (nSPS) is 8.24. The van der Waals surface area contributed by atoms with Crippen molar-refractivity contribution < 1.29 is 36.3 Å². The summed E-state index contributed by atoms with van der Waals surface area (Å²) in [4.78, 5) is 0. The van der Waals surface area contributed by atoms with Crippen LogP contribution in [-0.4, -0.2) is 66.9 Å². The summed E-state index contributed by atoms with van der Waals surface area (Å²) in [6.07, 6.45) is 13.1. The Kier molecular flexibility index (Phi) is 47.1.